The van der Waals surface area contributed by atoms with Crippen molar-refractivity contribution in [3.63, 3.8) is 0 Å². The van der Waals surface area contributed by atoms with Crippen molar-refractivity contribution in [2.24, 2.45) is 11.7 Å². The third-order valence-corrected chi connectivity index (χ3v) is 5.18. The first-order valence-electron chi connectivity index (χ1n) is 5.80. The fourth-order valence-corrected chi connectivity index (χ4v) is 3.44. The lowest BCUT2D eigenvalue weighted by molar-refractivity contribution is -0.124. The van der Waals surface area contributed by atoms with Crippen LogP contribution in [0.5, 0.6) is 0 Å². The summed E-state index contributed by atoms with van der Waals surface area (Å²) in [6.45, 7) is 0. The molecule has 92 valence electrons. The highest BCUT2D eigenvalue weighted by Crippen LogP contribution is 2.28. The minimum atomic E-state index is -3.38. The highest BCUT2D eigenvalue weighted by Gasteiger charge is 2.38. The first kappa shape index (κ1) is 11.9. The summed E-state index contributed by atoms with van der Waals surface area (Å²) in [6, 6.07) is 0.170. The minimum absolute atomic E-state index is 0.170. The number of sulfonamides is 1. The van der Waals surface area contributed by atoms with E-state index >= 15 is 0 Å². The van der Waals surface area contributed by atoms with Gasteiger partial charge in [-0.15, -0.1) is 0 Å². The zero-order valence-corrected chi connectivity index (χ0v) is 10.0. The van der Waals surface area contributed by atoms with Gasteiger partial charge in [-0.3, -0.25) is 9.52 Å². The van der Waals surface area contributed by atoms with E-state index in [0.29, 0.717) is 25.7 Å². The maximum atomic E-state index is 11.7. The third kappa shape index (κ3) is 2.74. The predicted molar refractivity (Wildman–Crippen MR) is 60.0 cm³/mol. The molecule has 0 heterocycles. The lowest BCUT2D eigenvalue weighted by Gasteiger charge is -2.24. The van der Waals surface area contributed by atoms with E-state index in [0.717, 1.165) is 12.8 Å². The standard InChI is InChI=1S/C10H18N2O3S/c11-8-3-1-7(2-4-8)10(13)12-16(14,15)9-5-6-9/h7-9H,1-6,11H2,(H,12,13). The van der Waals surface area contributed by atoms with Crippen molar-refractivity contribution in [2.45, 2.75) is 49.8 Å². The van der Waals surface area contributed by atoms with E-state index in [1.54, 1.807) is 0 Å². The second kappa shape index (κ2) is 4.33. The first-order valence-corrected chi connectivity index (χ1v) is 7.35. The second-order valence-corrected chi connectivity index (χ2v) is 6.78. The summed E-state index contributed by atoms with van der Waals surface area (Å²) < 4.78 is 25.3. The molecule has 0 atom stereocenters. The van der Waals surface area contributed by atoms with Crippen LogP contribution in [0.3, 0.4) is 0 Å². The summed E-state index contributed by atoms with van der Waals surface area (Å²) in [5.41, 5.74) is 5.73. The molecule has 2 saturated carbocycles. The summed E-state index contributed by atoms with van der Waals surface area (Å²) in [6.07, 6.45) is 4.37. The van der Waals surface area contributed by atoms with Gasteiger partial charge in [-0.1, -0.05) is 0 Å². The van der Waals surface area contributed by atoms with E-state index in [9.17, 15) is 13.2 Å². The van der Waals surface area contributed by atoms with Gasteiger partial charge >= 0.3 is 0 Å². The van der Waals surface area contributed by atoms with Gasteiger partial charge < -0.3 is 5.73 Å². The average Bonchev–Trinajstić information content (AvgIpc) is 3.01. The van der Waals surface area contributed by atoms with Crippen LogP contribution < -0.4 is 10.5 Å². The highest BCUT2D eigenvalue weighted by molar-refractivity contribution is 7.90. The molecule has 2 fully saturated rings. The van der Waals surface area contributed by atoms with E-state index in [-0.39, 0.29) is 23.1 Å². The lowest BCUT2D eigenvalue weighted by Crippen LogP contribution is -2.40. The fraction of sp³-hybridized carbons (Fsp3) is 0.900. The van der Waals surface area contributed by atoms with Crippen molar-refractivity contribution in [1.29, 1.82) is 0 Å². The van der Waals surface area contributed by atoms with Crippen LogP contribution >= 0.6 is 0 Å². The Bertz CT molecular complexity index is 368. The Balaban J connectivity index is 1.88. The van der Waals surface area contributed by atoms with Crippen LogP contribution in [0.15, 0.2) is 0 Å². The molecule has 2 aliphatic rings. The monoisotopic (exact) mass is 246 g/mol. The number of hydrogen-bond acceptors (Lipinski definition) is 4. The van der Waals surface area contributed by atoms with Crippen molar-refractivity contribution in [3.8, 4) is 0 Å². The molecule has 2 aliphatic carbocycles. The smallest absolute Gasteiger partial charge is 0.237 e. The van der Waals surface area contributed by atoms with Gasteiger partial charge in [0.15, 0.2) is 0 Å². The average molecular weight is 246 g/mol. The van der Waals surface area contributed by atoms with Crippen LogP contribution in [0.2, 0.25) is 0 Å². The number of hydrogen-bond donors (Lipinski definition) is 2. The SMILES string of the molecule is NC1CCC(C(=O)NS(=O)(=O)C2CC2)CC1. The predicted octanol–water partition coefficient (Wildman–Crippen LogP) is 0.112. The van der Waals surface area contributed by atoms with E-state index in [2.05, 4.69) is 4.72 Å². The molecule has 0 spiro atoms. The molecule has 0 unspecified atom stereocenters. The van der Waals surface area contributed by atoms with E-state index in [4.69, 9.17) is 5.73 Å². The Morgan fingerprint density at radius 1 is 1.06 bits per heavy atom. The zero-order chi connectivity index (χ0) is 11.8. The van der Waals surface area contributed by atoms with Crippen LogP contribution in [0.4, 0.5) is 0 Å². The van der Waals surface area contributed by atoms with Crippen molar-refractivity contribution in [2.75, 3.05) is 0 Å². The van der Waals surface area contributed by atoms with Crippen LogP contribution in [-0.4, -0.2) is 25.6 Å². The topological polar surface area (TPSA) is 89.3 Å². The van der Waals surface area contributed by atoms with Gasteiger partial charge in [0.1, 0.15) is 0 Å². The zero-order valence-electron chi connectivity index (χ0n) is 9.19. The van der Waals surface area contributed by atoms with Crippen LogP contribution in [-0.2, 0) is 14.8 Å². The molecule has 0 bridgehead atoms. The summed E-state index contributed by atoms with van der Waals surface area (Å²) in [4.78, 5) is 11.7. The van der Waals surface area contributed by atoms with Crippen molar-refractivity contribution in [3.05, 3.63) is 0 Å². The minimum Gasteiger partial charge on any atom is -0.328 e. The van der Waals surface area contributed by atoms with E-state index in [1.807, 2.05) is 0 Å². The molecule has 16 heavy (non-hydrogen) atoms. The fourth-order valence-electron chi connectivity index (χ4n) is 2.07. The molecule has 0 saturated heterocycles. The second-order valence-electron chi connectivity index (χ2n) is 4.82. The van der Waals surface area contributed by atoms with Gasteiger partial charge in [0.2, 0.25) is 15.9 Å². The molecule has 0 aromatic rings. The summed E-state index contributed by atoms with van der Waals surface area (Å²) >= 11 is 0. The number of nitrogens with two attached hydrogens (primary N) is 1. The van der Waals surface area contributed by atoms with Gasteiger partial charge in [0.05, 0.1) is 5.25 Å². The van der Waals surface area contributed by atoms with Gasteiger partial charge in [0.25, 0.3) is 0 Å². The lowest BCUT2D eigenvalue weighted by atomic mass is 9.86. The van der Waals surface area contributed by atoms with Crippen LogP contribution in [0.25, 0.3) is 0 Å². The Morgan fingerprint density at radius 3 is 2.12 bits per heavy atom. The number of nitrogens with one attached hydrogen (secondary N) is 1. The number of carbonyl (C=O) groups excluding carboxylic acids is 1. The molecular formula is C10H18N2O3S. The Labute approximate surface area is 95.8 Å². The Morgan fingerprint density at radius 2 is 1.62 bits per heavy atom. The van der Waals surface area contributed by atoms with Gasteiger partial charge in [-0.2, -0.15) is 0 Å². The number of rotatable bonds is 3. The molecule has 0 aliphatic heterocycles. The van der Waals surface area contributed by atoms with Crippen molar-refractivity contribution >= 4 is 15.9 Å². The number of amides is 1. The molecular weight excluding hydrogens is 228 g/mol. The molecule has 3 N–H and O–H groups in total. The summed E-state index contributed by atoms with van der Waals surface area (Å²) in [5, 5.41) is -0.331. The van der Waals surface area contributed by atoms with Gasteiger partial charge in [-0.25, -0.2) is 8.42 Å². The third-order valence-electron chi connectivity index (χ3n) is 3.35. The van der Waals surface area contributed by atoms with Crippen molar-refractivity contribution in [1.82, 2.24) is 4.72 Å². The largest absolute Gasteiger partial charge is 0.328 e. The highest BCUT2D eigenvalue weighted by atomic mass is 32.2. The number of carbonyl (C=O) groups is 1. The maximum absolute atomic E-state index is 11.7. The van der Waals surface area contributed by atoms with Crippen LogP contribution in [0.1, 0.15) is 38.5 Å². The molecule has 2 rings (SSSR count). The molecule has 0 radical (unpaired) electrons. The Hall–Kier alpha value is -0.620. The van der Waals surface area contributed by atoms with Crippen molar-refractivity contribution < 1.29 is 13.2 Å². The summed E-state index contributed by atoms with van der Waals surface area (Å²) in [7, 11) is -3.38. The Kier molecular flexibility index (Phi) is 3.21. The van der Waals surface area contributed by atoms with Gasteiger partial charge in [0, 0.05) is 12.0 Å². The quantitative estimate of drug-likeness (QED) is 0.739. The molecule has 6 heteroatoms. The maximum Gasteiger partial charge on any atom is 0.237 e. The van der Waals surface area contributed by atoms with E-state index < -0.39 is 10.0 Å². The summed E-state index contributed by atoms with van der Waals surface area (Å²) in [5.74, 6) is -0.507. The molecule has 0 aromatic carbocycles. The normalized spacial score (nSPS) is 31.1. The first-order chi connectivity index (χ1) is 7.49. The van der Waals surface area contributed by atoms with E-state index in [1.165, 1.54) is 0 Å². The molecule has 1 amide bonds. The molecule has 5 nitrogen and oxygen atoms in total. The molecule has 0 aromatic heterocycles. The van der Waals surface area contributed by atoms with Gasteiger partial charge in [-0.05, 0) is 38.5 Å². The van der Waals surface area contributed by atoms with Crippen LogP contribution in [0, 0.1) is 5.92 Å².